The Hall–Kier alpha value is -2.17. The summed E-state index contributed by atoms with van der Waals surface area (Å²) in [6.07, 6.45) is 1.84. The average Bonchev–Trinajstić information content (AvgIpc) is 2.46. The van der Waals surface area contributed by atoms with Crippen molar-refractivity contribution in [3.05, 3.63) is 40.6 Å². The number of nitrogens with one attached hydrogen (secondary N) is 1. The van der Waals surface area contributed by atoms with Crippen LogP contribution in [0.25, 0.3) is 0 Å². The summed E-state index contributed by atoms with van der Waals surface area (Å²) in [5, 5.41) is 3.34. The molecule has 0 aliphatic carbocycles. The minimum atomic E-state index is 0.305. The number of nitrogens with zero attached hydrogens (tertiary/aromatic N) is 3. The maximum Gasteiger partial charge on any atom is 0.133 e. The molecule has 0 spiro atoms. The van der Waals surface area contributed by atoms with Crippen LogP contribution in [-0.2, 0) is 6.54 Å². The van der Waals surface area contributed by atoms with E-state index in [0.29, 0.717) is 12.5 Å². The summed E-state index contributed by atoms with van der Waals surface area (Å²) in [6.45, 7) is 10.8. The monoisotopic (exact) mass is 300 g/mol. The van der Waals surface area contributed by atoms with Gasteiger partial charge in [0.25, 0.3) is 0 Å². The second kappa shape index (κ2) is 6.73. The van der Waals surface area contributed by atoms with Gasteiger partial charge in [0.15, 0.2) is 0 Å². The van der Waals surface area contributed by atoms with Gasteiger partial charge in [0.2, 0.25) is 0 Å². The van der Waals surface area contributed by atoms with Crippen LogP contribution < -0.4 is 10.1 Å². The minimum Gasteiger partial charge on any atom is -0.496 e. The molecule has 5 nitrogen and oxygen atoms in total. The summed E-state index contributed by atoms with van der Waals surface area (Å²) in [4.78, 5) is 13.5. The van der Waals surface area contributed by atoms with Crippen molar-refractivity contribution in [3.63, 3.8) is 0 Å². The first-order valence-electron chi connectivity index (χ1n) is 7.51. The van der Waals surface area contributed by atoms with Crippen molar-refractivity contribution in [1.82, 2.24) is 15.0 Å². The Kier molecular flexibility index (Phi) is 4.96. The van der Waals surface area contributed by atoms with E-state index in [0.717, 1.165) is 39.9 Å². The van der Waals surface area contributed by atoms with E-state index in [2.05, 4.69) is 34.1 Å². The van der Waals surface area contributed by atoms with Crippen LogP contribution in [0.3, 0.4) is 0 Å². The molecular weight excluding hydrogens is 276 g/mol. The van der Waals surface area contributed by atoms with Crippen LogP contribution >= 0.6 is 0 Å². The highest BCUT2D eigenvalue weighted by Crippen LogP contribution is 2.24. The second-order valence-electron chi connectivity index (χ2n) is 5.81. The number of hydrogen-bond donors (Lipinski definition) is 1. The molecule has 0 atom stereocenters. The number of aryl methyl sites for hydroxylation is 2. The van der Waals surface area contributed by atoms with Gasteiger partial charge >= 0.3 is 0 Å². The summed E-state index contributed by atoms with van der Waals surface area (Å²) >= 11 is 0. The summed E-state index contributed by atoms with van der Waals surface area (Å²) in [5.41, 5.74) is 4.03. The van der Waals surface area contributed by atoms with Crippen molar-refractivity contribution < 1.29 is 4.74 Å². The molecule has 0 aliphatic rings. The number of hydrogen-bond acceptors (Lipinski definition) is 5. The molecule has 0 bridgehead atoms. The molecule has 0 aliphatic heterocycles. The Morgan fingerprint density at radius 3 is 2.55 bits per heavy atom. The van der Waals surface area contributed by atoms with Gasteiger partial charge in [-0.2, -0.15) is 0 Å². The summed E-state index contributed by atoms with van der Waals surface area (Å²) in [7, 11) is 1.69. The molecule has 118 valence electrons. The molecule has 0 radical (unpaired) electrons. The third kappa shape index (κ3) is 3.53. The number of rotatable bonds is 5. The molecule has 2 rings (SSSR count). The van der Waals surface area contributed by atoms with E-state index < -0.39 is 0 Å². The van der Waals surface area contributed by atoms with Crippen molar-refractivity contribution >= 4 is 5.82 Å². The summed E-state index contributed by atoms with van der Waals surface area (Å²) in [5.74, 6) is 2.89. The van der Waals surface area contributed by atoms with Crippen molar-refractivity contribution in [2.75, 3.05) is 12.4 Å². The van der Waals surface area contributed by atoms with Crippen molar-refractivity contribution in [3.8, 4) is 5.75 Å². The van der Waals surface area contributed by atoms with Crippen LogP contribution in [0.2, 0.25) is 0 Å². The minimum absolute atomic E-state index is 0.305. The lowest BCUT2D eigenvalue weighted by Crippen LogP contribution is -2.09. The van der Waals surface area contributed by atoms with Crippen molar-refractivity contribution in [2.24, 2.45) is 0 Å². The van der Waals surface area contributed by atoms with E-state index >= 15 is 0 Å². The van der Waals surface area contributed by atoms with E-state index in [9.17, 15) is 0 Å². The SMILES string of the molecule is COc1c(C)cnc(CNc2cc(C)nc(C(C)C)n2)c1C. The Bertz CT molecular complexity index is 668. The highest BCUT2D eigenvalue weighted by molar-refractivity contribution is 5.43. The van der Waals surface area contributed by atoms with E-state index in [1.54, 1.807) is 7.11 Å². The van der Waals surface area contributed by atoms with Gasteiger partial charge in [0.1, 0.15) is 17.4 Å². The number of methoxy groups -OCH3 is 1. The van der Waals surface area contributed by atoms with Gasteiger partial charge in [-0.25, -0.2) is 9.97 Å². The Morgan fingerprint density at radius 2 is 1.91 bits per heavy atom. The molecule has 2 aromatic heterocycles. The van der Waals surface area contributed by atoms with Gasteiger partial charge < -0.3 is 10.1 Å². The predicted octanol–water partition coefficient (Wildman–Crippen LogP) is 3.54. The molecule has 2 aromatic rings. The van der Waals surface area contributed by atoms with Crippen LogP contribution in [0.1, 0.15) is 48.1 Å². The van der Waals surface area contributed by atoms with Gasteiger partial charge in [-0.15, -0.1) is 0 Å². The molecule has 0 amide bonds. The zero-order valence-electron chi connectivity index (χ0n) is 14.2. The van der Waals surface area contributed by atoms with Crippen LogP contribution in [0.4, 0.5) is 5.82 Å². The quantitative estimate of drug-likeness (QED) is 0.915. The maximum atomic E-state index is 5.44. The van der Waals surface area contributed by atoms with Gasteiger partial charge in [0, 0.05) is 35.0 Å². The van der Waals surface area contributed by atoms with Gasteiger partial charge in [0.05, 0.1) is 19.3 Å². The zero-order valence-corrected chi connectivity index (χ0v) is 14.2. The molecule has 1 N–H and O–H groups in total. The number of ether oxygens (including phenoxy) is 1. The van der Waals surface area contributed by atoms with E-state index in [-0.39, 0.29) is 0 Å². The van der Waals surface area contributed by atoms with E-state index in [1.807, 2.05) is 33.0 Å². The van der Waals surface area contributed by atoms with Crippen LogP contribution in [-0.4, -0.2) is 22.1 Å². The molecule has 2 heterocycles. The second-order valence-corrected chi connectivity index (χ2v) is 5.81. The van der Waals surface area contributed by atoms with Gasteiger partial charge in [-0.05, 0) is 20.8 Å². The largest absolute Gasteiger partial charge is 0.496 e. The highest BCUT2D eigenvalue weighted by Gasteiger charge is 2.10. The number of anilines is 1. The van der Waals surface area contributed by atoms with E-state index in [4.69, 9.17) is 4.74 Å². The molecule has 0 aromatic carbocycles. The first-order valence-corrected chi connectivity index (χ1v) is 7.51. The smallest absolute Gasteiger partial charge is 0.133 e. The average molecular weight is 300 g/mol. The first-order chi connectivity index (χ1) is 10.4. The Morgan fingerprint density at radius 1 is 1.18 bits per heavy atom. The molecular formula is C17H24N4O. The number of aromatic nitrogens is 3. The third-order valence-electron chi connectivity index (χ3n) is 3.57. The lowest BCUT2D eigenvalue weighted by atomic mass is 10.1. The normalized spacial score (nSPS) is 10.9. The molecule has 5 heteroatoms. The topological polar surface area (TPSA) is 59.9 Å². The lowest BCUT2D eigenvalue weighted by Gasteiger charge is -2.14. The molecule has 0 unspecified atom stereocenters. The first kappa shape index (κ1) is 16.2. The predicted molar refractivity (Wildman–Crippen MR) is 88.4 cm³/mol. The number of pyridine rings is 1. The molecule has 0 saturated carbocycles. The molecule has 0 fully saturated rings. The third-order valence-corrected chi connectivity index (χ3v) is 3.57. The standard InChI is InChI=1S/C17H24N4O/c1-10(2)17-20-12(4)7-15(21-17)19-9-14-13(5)16(22-6)11(3)8-18-14/h7-8,10H,9H2,1-6H3,(H,19,20,21). The Labute approximate surface area is 132 Å². The Balaban J connectivity index is 2.20. The highest BCUT2D eigenvalue weighted by atomic mass is 16.5. The molecule has 0 saturated heterocycles. The van der Waals surface area contributed by atoms with Crippen molar-refractivity contribution in [2.45, 2.75) is 47.1 Å². The van der Waals surface area contributed by atoms with Crippen LogP contribution in [0.15, 0.2) is 12.3 Å². The maximum absolute atomic E-state index is 5.44. The van der Waals surface area contributed by atoms with Crippen LogP contribution in [0, 0.1) is 20.8 Å². The van der Waals surface area contributed by atoms with Crippen LogP contribution in [0.5, 0.6) is 5.75 Å². The summed E-state index contributed by atoms with van der Waals surface area (Å²) < 4.78 is 5.44. The van der Waals surface area contributed by atoms with Crippen molar-refractivity contribution in [1.29, 1.82) is 0 Å². The van der Waals surface area contributed by atoms with Gasteiger partial charge in [-0.3, -0.25) is 4.98 Å². The molecule has 22 heavy (non-hydrogen) atoms. The fraction of sp³-hybridized carbons (Fsp3) is 0.471. The van der Waals surface area contributed by atoms with Gasteiger partial charge in [-0.1, -0.05) is 13.8 Å². The summed E-state index contributed by atoms with van der Waals surface area (Å²) in [6, 6.07) is 1.95. The fourth-order valence-electron chi connectivity index (χ4n) is 2.36. The fourth-order valence-corrected chi connectivity index (χ4v) is 2.36. The zero-order chi connectivity index (χ0) is 16.3. The van der Waals surface area contributed by atoms with E-state index in [1.165, 1.54) is 0 Å². The lowest BCUT2D eigenvalue weighted by molar-refractivity contribution is 0.407.